The lowest BCUT2D eigenvalue weighted by Crippen LogP contribution is -2.41. The maximum atomic E-state index is 12.3. The second-order valence-corrected chi connectivity index (χ2v) is 5.60. The Balaban J connectivity index is 1.94. The van der Waals surface area contributed by atoms with Gasteiger partial charge in [0.2, 0.25) is 5.91 Å². The number of halogens is 1. The molecule has 0 aromatic heterocycles. The van der Waals surface area contributed by atoms with Gasteiger partial charge < -0.3 is 10.6 Å². The van der Waals surface area contributed by atoms with E-state index in [9.17, 15) is 4.79 Å². The smallest absolute Gasteiger partial charge is 0.227 e. The van der Waals surface area contributed by atoms with Crippen molar-refractivity contribution < 1.29 is 4.79 Å². The number of piperidine rings is 1. The van der Waals surface area contributed by atoms with E-state index < -0.39 is 0 Å². The van der Waals surface area contributed by atoms with Gasteiger partial charge in [-0.15, -0.1) is 0 Å². The first-order valence-electron chi connectivity index (χ1n) is 6.92. The molecule has 1 unspecified atom stereocenters. The Hall–Kier alpha value is -1.06. The molecule has 0 bridgehead atoms. The third-order valence-electron chi connectivity index (χ3n) is 3.75. The molecule has 1 aliphatic heterocycles. The van der Waals surface area contributed by atoms with Crippen LogP contribution in [-0.4, -0.2) is 30.4 Å². The molecular weight excluding hydrogens is 260 g/mol. The van der Waals surface area contributed by atoms with Crippen LogP contribution in [0.15, 0.2) is 24.3 Å². The summed E-state index contributed by atoms with van der Waals surface area (Å²) in [6, 6.07) is 7.55. The number of rotatable bonds is 4. The van der Waals surface area contributed by atoms with E-state index in [1.54, 1.807) is 0 Å². The second kappa shape index (κ2) is 6.92. The average Bonchev–Trinajstić information content (AvgIpc) is 2.42. The molecule has 2 N–H and O–H groups in total. The summed E-state index contributed by atoms with van der Waals surface area (Å²) in [5.41, 5.74) is 6.52. The van der Waals surface area contributed by atoms with Gasteiger partial charge in [0, 0.05) is 18.1 Å². The Morgan fingerprint density at radius 3 is 2.95 bits per heavy atom. The first-order valence-corrected chi connectivity index (χ1v) is 7.29. The van der Waals surface area contributed by atoms with Crippen molar-refractivity contribution in [3.05, 3.63) is 34.9 Å². The number of carbonyl (C=O) groups excluding carboxylic acids is 1. The van der Waals surface area contributed by atoms with Gasteiger partial charge >= 0.3 is 0 Å². The maximum Gasteiger partial charge on any atom is 0.227 e. The Bertz CT molecular complexity index is 434. The number of likely N-dealkylation sites (tertiary alicyclic amines) is 1. The summed E-state index contributed by atoms with van der Waals surface area (Å²) < 4.78 is 0. The molecule has 1 amide bonds. The normalized spacial score (nSPS) is 19.5. The molecule has 2 rings (SSSR count). The molecule has 0 saturated carbocycles. The number of hydrogen-bond acceptors (Lipinski definition) is 2. The number of amides is 1. The van der Waals surface area contributed by atoms with Crippen molar-refractivity contribution in [3.8, 4) is 0 Å². The SMILES string of the molecule is NCCC1CCCN(C(=O)Cc2ccccc2Cl)C1. The van der Waals surface area contributed by atoms with Crippen LogP contribution in [0, 0.1) is 5.92 Å². The molecule has 19 heavy (non-hydrogen) atoms. The fourth-order valence-corrected chi connectivity index (χ4v) is 2.88. The standard InChI is InChI=1S/C15H21ClN2O/c16-14-6-2-1-5-13(14)10-15(19)18-9-3-4-12(11-18)7-8-17/h1-2,5-6,12H,3-4,7-11,17H2. The van der Waals surface area contributed by atoms with E-state index >= 15 is 0 Å². The predicted octanol–water partition coefficient (Wildman–Crippen LogP) is 2.47. The molecule has 0 aliphatic carbocycles. The zero-order valence-corrected chi connectivity index (χ0v) is 11.9. The van der Waals surface area contributed by atoms with Crippen molar-refractivity contribution >= 4 is 17.5 Å². The highest BCUT2D eigenvalue weighted by Crippen LogP contribution is 2.21. The highest BCUT2D eigenvalue weighted by molar-refractivity contribution is 6.31. The third kappa shape index (κ3) is 3.95. The third-order valence-corrected chi connectivity index (χ3v) is 4.11. The molecular formula is C15H21ClN2O. The summed E-state index contributed by atoms with van der Waals surface area (Å²) in [5, 5.41) is 0.673. The fraction of sp³-hybridized carbons (Fsp3) is 0.533. The van der Waals surface area contributed by atoms with Crippen LogP contribution in [0.3, 0.4) is 0 Å². The van der Waals surface area contributed by atoms with Crippen molar-refractivity contribution in [3.63, 3.8) is 0 Å². The first-order chi connectivity index (χ1) is 9.20. The van der Waals surface area contributed by atoms with Gasteiger partial charge in [0.05, 0.1) is 6.42 Å². The highest BCUT2D eigenvalue weighted by atomic mass is 35.5. The highest BCUT2D eigenvalue weighted by Gasteiger charge is 2.23. The lowest BCUT2D eigenvalue weighted by Gasteiger charge is -2.32. The summed E-state index contributed by atoms with van der Waals surface area (Å²) >= 11 is 6.10. The number of carbonyl (C=O) groups is 1. The van der Waals surface area contributed by atoms with Gasteiger partial charge in [-0.25, -0.2) is 0 Å². The van der Waals surface area contributed by atoms with E-state index in [1.807, 2.05) is 29.2 Å². The largest absolute Gasteiger partial charge is 0.342 e. The summed E-state index contributed by atoms with van der Waals surface area (Å²) in [6.45, 7) is 2.42. The minimum absolute atomic E-state index is 0.176. The summed E-state index contributed by atoms with van der Waals surface area (Å²) in [7, 11) is 0. The van der Waals surface area contributed by atoms with Crippen LogP contribution in [0.2, 0.25) is 5.02 Å². The van der Waals surface area contributed by atoms with E-state index in [1.165, 1.54) is 6.42 Å². The molecule has 3 nitrogen and oxygen atoms in total. The van der Waals surface area contributed by atoms with Crippen molar-refractivity contribution in [1.29, 1.82) is 0 Å². The number of hydrogen-bond donors (Lipinski definition) is 1. The van der Waals surface area contributed by atoms with Gasteiger partial charge in [0.1, 0.15) is 0 Å². The van der Waals surface area contributed by atoms with Crippen molar-refractivity contribution in [1.82, 2.24) is 4.90 Å². The predicted molar refractivity (Wildman–Crippen MR) is 78.1 cm³/mol. The Labute approximate surface area is 119 Å². The summed E-state index contributed by atoms with van der Waals surface area (Å²) in [5.74, 6) is 0.740. The topological polar surface area (TPSA) is 46.3 Å². The van der Waals surface area contributed by atoms with E-state index in [0.29, 0.717) is 23.9 Å². The molecule has 1 atom stereocenters. The Morgan fingerprint density at radius 1 is 1.42 bits per heavy atom. The molecule has 104 valence electrons. The van der Waals surface area contributed by atoms with Gasteiger partial charge in [0.15, 0.2) is 0 Å². The fourth-order valence-electron chi connectivity index (χ4n) is 2.68. The number of nitrogens with zero attached hydrogens (tertiary/aromatic N) is 1. The molecule has 1 aliphatic rings. The van der Waals surface area contributed by atoms with Crippen molar-refractivity contribution in [2.45, 2.75) is 25.7 Å². The number of benzene rings is 1. The van der Waals surface area contributed by atoms with Crippen LogP contribution in [0.5, 0.6) is 0 Å². The van der Waals surface area contributed by atoms with Gasteiger partial charge in [-0.05, 0) is 43.4 Å². The monoisotopic (exact) mass is 280 g/mol. The molecule has 0 radical (unpaired) electrons. The van der Waals surface area contributed by atoms with Gasteiger partial charge in [-0.2, -0.15) is 0 Å². The first kappa shape index (κ1) is 14.4. The van der Waals surface area contributed by atoms with E-state index in [2.05, 4.69) is 0 Å². The average molecular weight is 281 g/mol. The molecule has 1 heterocycles. The minimum atomic E-state index is 0.176. The van der Waals surface area contributed by atoms with Crippen LogP contribution in [0.25, 0.3) is 0 Å². The maximum absolute atomic E-state index is 12.3. The summed E-state index contributed by atoms with van der Waals surface area (Å²) in [4.78, 5) is 14.3. The second-order valence-electron chi connectivity index (χ2n) is 5.19. The van der Waals surface area contributed by atoms with Gasteiger partial charge in [-0.3, -0.25) is 4.79 Å². The molecule has 1 aromatic rings. The molecule has 1 fully saturated rings. The lowest BCUT2D eigenvalue weighted by atomic mass is 9.94. The van der Waals surface area contributed by atoms with E-state index in [-0.39, 0.29) is 5.91 Å². The van der Waals surface area contributed by atoms with Gasteiger partial charge in [0.25, 0.3) is 0 Å². The van der Waals surface area contributed by atoms with Crippen LogP contribution in [0.4, 0.5) is 0 Å². The molecule has 4 heteroatoms. The quantitative estimate of drug-likeness (QED) is 0.921. The zero-order chi connectivity index (χ0) is 13.7. The van der Waals surface area contributed by atoms with Crippen molar-refractivity contribution in [2.24, 2.45) is 11.7 Å². The summed E-state index contributed by atoms with van der Waals surface area (Å²) in [6.07, 6.45) is 3.68. The van der Waals surface area contributed by atoms with Crippen molar-refractivity contribution in [2.75, 3.05) is 19.6 Å². The zero-order valence-electron chi connectivity index (χ0n) is 11.1. The minimum Gasteiger partial charge on any atom is -0.342 e. The lowest BCUT2D eigenvalue weighted by molar-refractivity contribution is -0.132. The van der Waals surface area contributed by atoms with Crippen LogP contribution < -0.4 is 5.73 Å². The van der Waals surface area contributed by atoms with Crippen LogP contribution in [0.1, 0.15) is 24.8 Å². The molecule has 1 saturated heterocycles. The van der Waals surface area contributed by atoms with Crippen LogP contribution >= 0.6 is 11.6 Å². The van der Waals surface area contributed by atoms with E-state index in [4.69, 9.17) is 17.3 Å². The Morgan fingerprint density at radius 2 is 2.21 bits per heavy atom. The Kier molecular flexibility index (Phi) is 5.23. The molecule has 0 spiro atoms. The van der Waals surface area contributed by atoms with E-state index in [0.717, 1.165) is 31.5 Å². The van der Waals surface area contributed by atoms with Gasteiger partial charge in [-0.1, -0.05) is 29.8 Å². The molecule has 1 aromatic carbocycles. The van der Waals surface area contributed by atoms with Crippen LogP contribution in [-0.2, 0) is 11.2 Å². The number of nitrogens with two attached hydrogens (primary N) is 1.